The highest BCUT2D eigenvalue weighted by Gasteiger charge is 2.08. The molecular formula is C18H16N6O. The smallest absolute Gasteiger partial charge is 0.247 e. The number of fused-ring (bicyclic) bond motifs is 1. The third-order valence-corrected chi connectivity index (χ3v) is 3.60. The lowest BCUT2D eigenvalue weighted by Gasteiger charge is -2.06. The van der Waals surface area contributed by atoms with Gasteiger partial charge < -0.3 is 15.8 Å². The van der Waals surface area contributed by atoms with Crippen LogP contribution in [-0.2, 0) is 6.61 Å². The van der Waals surface area contributed by atoms with E-state index in [4.69, 9.17) is 10.5 Å². The van der Waals surface area contributed by atoms with E-state index >= 15 is 0 Å². The van der Waals surface area contributed by atoms with Crippen LogP contribution in [0.2, 0.25) is 0 Å². The SMILES string of the molecule is Nc1ccc(Nc2nc3cccc(OCc4cccnc4)n3n2)cc1. The maximum atomic E-state index is 5.86. The van der Waals surface area contributed by atoms with E-state index in [1.54, 1.807) is 16.9 Å². The molecule has 0 bridgehead atoms. The van der Waals surface area contributed by atoms with Crippen LogP contribution in [-0.4, -0.2) is 19.6 Å². The second kappa shape index (κ2) is 6.48. The standard InChI is InChI=1S/C18H16N6O/c19-14-6-8-15(9-7-14)21-18-22-16-4-1-5-17(24(16)23-18)25-12-13-3-2-10-20-11-13/h1-11H,12,19H2,(H,21,23). The molecule has 3 heterocycles. The molecule has 0 radical (unpaired) electrons. The Labute approximate surface area is 144 Å². The van der Waals surface area contributed by atoms with E-state index in [1.807, 2.05) is 54.6 Å². The largest absolute Gasteiger partial charge is 0.473 e. The van der Waals surface area contributed by atoms with Crippen molar-refractivity contribution in [2.75, 3.05) is 11.1 Å². The molecule has 0 saturated heterocycles. The number of nitrogens with zero attached hydrogens (tertiary/aromatic N) is 4. The molecule has 0 aliphatic carbocycles. The topological polar surface area (TPSA) is 90.4 Å². The number of hydrogen-bond donors (Lipinski definition) is 2. The van der Waals surface area contributed by atoms with Crippen LogP contribution in [0.15, 0.2) is 67.0 Å². The number of nitrogen functional groups attached to an aromatic ring is 1. The summed E-state index contributed by atoms with van der Waals surface area (Å²) in [5.41, 5.74) is 8.95. The van der Waals surface area contributed by atoms with Gasteiger partial charge in [0.15, 0.2) is 5.65 Å². The second-order valence-electron chi connectivity index (χ2n) is 5.47. The van der Waals surface area contributed by atoms with Gasteiger partial charge in [0.25, 0.3) is 0 Å². The molecule has 0 spiro atoms. The third kappa shape index (κ3) is 3.35. The van der Waals surface area contributed by atoms with Gasteiger partial charge in [-0.3, -0.25) is 4.98 Å². The van der Waals surface area contributed by atoms with Crippen LogP contribution in [0.25, 0.3) is 5.65 Å². The van der Waals surface area contributed by atoms with Gasteiger partial charge in [-0.2, -0.15) is 9.50 Å². The highest BCUT2D eigenvalue weighted by atomic mass is 16.5. The van der Waals surface area contributed by atoms with E-state index in [1.165, 1.54) is 0 Å². The monoisotopic (exact) mass is 332 g/mol. The van der Waals surface area contributed by atoms with Crippen molar-refractivity contribution in [2.45, 2.75) is 6.61 Å². The first-order chi connectivity index (χ1) is 12.3. The van der Waals surface area contributed by atoms with Crippen LogP contribution in [0.3, 0.4) is 0 Å². The molecule has 0 aliphatic heterocycles. The Morgan fingerprint density at radius 3 is 2.72 bits per heavy atom. The molecule has 0 aliphatic rings. The fraction of sp³-hybridized carbons (Fsp3) is 0.0556. The number of aromatic nitrogens is 4. The number of hydrogen-bond acceptors (Lipinski definition) is 6. The summed E-state index contributed by atoms with van der Waals surface area (Å²) in [5.74, 6) is 1.10. The molecular weight excluding hydrogens is 316 g/mol. The highest BCUT2D eigenvalue weighted by molar-refractivity contribution is 5.59. The molecule has 3 N–H and O–H groups in total. The normalized spacial score (nSPS) is 10.7. The summed E-state index contributed by atoms with van der Waals surface area (Å²) in [6, 6.07) is 16.8. The summed E-state index contributed by atoms with van der Waals surface area (Å²) in [7, 11) is 0. The summed E-state index contributed by atoms with van der Waals surface area (Å²) < 4.78 is 7.52. The van der Waals surface area contributed by atoms with Gasteiger partial charge in [-0.25, -0.2) is 0 Å². The van der Waals surface area contributed by atoms with Crippen LogP contribution in [0.5, 0.6) is 5.88 Å². The molecule has 0 fully saturated rings. The first-order valence-electron chi connectivity index (χ1n) is 7.78. The second-order valence-corrected chi connectivity index (χ2v) is 5.47. The summed E-state index contributed by atoms with van der Waals surface area (Å²) in [6.45, 7) is 0.410. The van der Waals surface area contributed by atoms with Gasteiger partial charge in [0.05, 0.1) is 0 Å². The molecule has 3 aromatic heterocycles. The summed E-state index contributed by atoms with van der Waals surface area (Å²) >= 11 is 0. The predicted molar refractivity (Wildman–Crippen MR) is 95.7 cm³/mol. The zero-order valence-corrected chi connectivity index (χ0v) is 13.3. The van der Waals surface area contributed by atoms with Gasteiger partial charge >= 0.3 is 0 Å². The Balaban J connectivity index is 1.56. The molecule has 1 aromatic carbocycles. The molecule has 0 unspecified atom stereocenters. The van der Waals surface area contributed by atoms with Gasteiger partial charge in [0.2, 0.25) is 11.8 Å². The van der Waals surface area contributed by atoms with Crippen LogP contribution in [0, 0.1) is 0 Å². The first-order valence-corrected chi connectivity index (χ1v) is 7.78. The lowest BCUT2D eigenvalue weighted by Crippen LogP contribution is -2.01. The van der Waals surface area contributed by atoms with E-state index in [0.717, 1.165) is 11.3 Å². The van der Waals surface area contributed by atoms with Gasteiger partial charge in [0, 0.05) is 35.4 Å². The molecule has 0 saturated carbocycles. The van der Waals surface area contributed by atoms with E-state index in [9.17, 15) is 0 Å². The van der Waals surface area contributed by atoms with Crippen molar-refractivity contribution in [3.05, 3.63) is 72.6 Å². The Morgan fingerprint density at radius 2 is 1.92 bits per heavy atom. The summed E-state index contributed by atoms with van der Waals surface area (Å²) in [4.78, 5) is 8.55. The van der Waals surface area contributed by atoms with Gasteiger partial charge in [0.1, 0.15) is 6.61 Å². The molecule has 0 amide bonds. The minimum absolute atomic E-state index is 0.410. The minimum Gasteiger partial charge on any atom is -0.473 e. The number of ether oxygens (including phenoxy) is 1. The molecule has 4 rings (SSSR count). The fourth-order valence-electron chi connectivity index (χ4n) is 2.38. The third-order valence-electron chi connectivity index (χ3n) is 3.60. The van der Waals surface area contributed by atoms with Crippen molar-refractivity contribution >= 4 is 23.0 Å². The number of rotatable bonds is 5. The molecule has 25 heavy (non-hydrogen) atoms. The fourth-order valence-corrected chi connectivity index (χ4v) is 2.38. The number of pyridine rings is 2. The summed E-state index contributed by atoms with van der Waals surface area (Å²) in [6.07, 6.45) is 3.51. The lowest BCUT2D eigenvalue weighted by molar-refractivity contribution is 0.286. The Bertz CT molecular complexity index is 982. The maximum Gasteiger partial charge on any atom is 0.247 e. The van der Waals surface area contributed by atoms with Crippen molar-refractivity contribution in [1.29, 1.82) is 0 Å². The number of benzene rings is 1. The molecule has 4 aromatic rings. The average Bonchev–Trinajstić information content (AvgIpc) is 3.06. The lowest BCUT2D eigenvalue weighted by atomic mass is 10.3. The van der Waals surface area contributed by atoms with Crippen LogP contribution >= 0.6 is 0 Å². The van der Waals surface area contributed by atoms with Gasteiger partial charge in [-0.15, -0.1) is 5.10 Å². The summed E-state index contributed by atoms with van der Waals surface area (Å²) in [5, 5.41) is 7.62. The molecule has 7 heteroatoms. The van der Waals surface area contributed by atoms with Gasteiger partial charge in [-0.1, -0.05) is 12.1 Å². The van der Waals surface area contributed by atoms with Gasteiger partial charge in [-0.05, 0) is 36.4 Å². The van der Waals surface area contributed by atoms with Crippen molar-refractivity contribution < 1.29 is 4.74 Å². The van der Waals surface area contributed by atoms with Crippen LogP contribution < -0.4 is 15.8 Å². The zero-order chi connectivity index (χ0) is 17.1. The maximum absolute atomic E-state index is 5.86. The van der Waals surface area contributed by atoms with E-state index < -0.39 is 0 Å². The molecule has 7 nitrogen and oxygen atoms in total. The number of nitrogens with one attached hydrogen (secondary N) is 1. The quantitative estimate of drug-likeness (QED) is 0.546. The zero-order valence-electron chi connectivity index (χ0n) is 13.3. The number of nitrogens with two attached hydrogens (primary N) is 1. The van der Waals surface area contributed by atoms with Crippen molar-refractivity contribution in [3.63, 3.8) is 0 Å². The minimum atomic E-state index is 0.410. The Kier molecular flexibility index (Phi) is 3.88. The molecule has 0 atom stereocenters. The van der Waals surface area contributed by atoms with Crippen molar-refractivity contribution in [2.24, 2.45) is 0 Å². The van der Waals surface area contributed by atoms with Crippen molar-refractivity contribution in [1.82, 2.24) is 19.6 Å². The molecule has 124 valence electrons. The van der Waals surface area contributed by atoms with Crippen molar-refractivity contribution in [3.8, 4) is 5.88 Å². The average molecular weight is 332 g/mol. The van der Waals surface area contributed by atoms with E-state index in [-0.39, 0.29) is 0 Å². The first kappa shape index (κ1) is 14.9. The Morgan fingerprint density at radius 1 is 1.04 bits per heavy atom. The Hall–Kier alpha value is -3.61. The van der Waals surface area contributed by atoms with E-state index in [2.05, 4.69) is 20.4 Å². The van der Waals surface area contributed by atoms with Crippen LogP contribution in [0.4, 0.5) is 17.3 Å². The highest BCUT2D eigenvalue weighted by Crippen LogP contribution is 2.19. The van der Waals surface area contributed by atoms with E-state index in [0.29, 0.717) is 29.8 Å². The van der Waals surface area contributed by atoms with Crippen LogP contribution in [0.1, 0.15) is 5.56 Å². The predicted octanol–water partition coefficient (Wildman–Crippen LogP) is 3.03. The number of anilines is 3.